The SMILES string of the molecule is CC1CC1NCc1ccc(F)c(F)c1. The molecule has 2 unspecified atom stereocenters. The summed E-state index contributed by atoms with van der Waals surface area (Å²) in [6.45, 7) is 2.79. The smallest absolute Gasteiger partial charge is 0.159 e. The van der Waals surface area contributed by atoms with Crippen LogP contribution in [0.4, 0.5) is 8.78 Å². The number of halogens is 2. The van der Waals surface area contributed by atoms with Gasteiger partial charge in [-0.1, -0.05) is 13.0 Å². The zero-order chi connectivity index (χ0) is 10.1. The summed E-state index contributed by atoms with van der Waals surface area (Å²) >= 11 is 0. The summed E-state index contributed by atoms with van der Waals surface area (Å²) in [5, 5.41) is 3.28. The average molecular weight is 197 g/mol. The molecule has 0 amide bonds. The molecular formula is C11H13F2N. The minimum Gasteiger partial charge on any atom is -0.310 e. The van der Waals surface area contributed by atoms with E-state index < -0.39 is 11.6 Å². The van der Waals surface area contributed by atoms with E-state index >= 15 is 0 Å². The predicted octanol–water partition coefficient (Wildman–Crippen LogP) is 2.46. The van der Waals surface area contributed by atoms with E-state index in [0.29, 0.717) is 12.6 Å². The second-order valence-electron chi connectivity index (χ2n) is 3.95. The Morgan fingerprint density at radius 2 is 2.07 bits per heavy atom. The van der Waals surface area contributed by atoms with Crippen LogP contribution in [-0.2, 0) is 6.54 Å². The number of hydrogen-bond acceptors (Lipinski definition) is 1. The van der Waals surface area contributed by atoms with Crippen LogP contribution in [0.5, 0.6) is 0 Å². The molecule has 0 saturated heterocycles. The highest BCUT2D eigenvalue weighted by molar-refractivity contribution is 5.17. The Bertz CT molecular complexity index is 338. The molecule has 76 valence electrons. The summed E-state index contributed by atoms with van der Waals surface area (Å²) in [4.78, 5) is 0. The molecule has 1 nitrogen and oxygen atoms in total. The highest BCUT2D eigenvalue weighted by atomic mass is 19.2. The van der Waals surface area contributed by atoms with Crippen LogP contribution in [0.2, 0.25) is 0 Å². The van der Waals surface area contributed by atoms with E-state index in [-0.39, 0.29) is 0 Å². The van der Waals surface area contributed by atoms with E-state index in [1.165, 1.54) is 18.6 Å². The first kappa shape index (κ1) is 9.59. The van der Waals surface area contributed by atoms with Crippen molar-refractivity contribution in [3.8, 4) is 0 Å². The van der Waals surface area contributed by atoms with Crippen LogP contribution in [0.3, 0.4) is 0 Å². The fraction of sp³-hybridized carbons (Fsp3) is 0.455. The molecule has 2 atom stereocenters. The van der Waals surface area contributed by atoms with E-state index in [4.69, 9.17) is 0 Å². The first-order chi connectivity index (χ1) is 6.66. The number of rotatable bonds is 3. The molecular weight excluding hydrogens is 184 g/mol. The molecule has 1 saturated carbocycles. The third-order valence-electron chi connectivity index (χ3n) is 2.66. The monoisotopic (exact) mass is 197 g/mol. The second-order valence-corrected chi connectivity index (χ2v) is 3.95. The van der Waals surface area contributed by atoms with Crippen LogP contribution in [-0.4, -0.2) is 6.04 Å². The molecule has 2 rings (SSSR count). The van der Waals surface area contributed by atoms with Crippen molar-refractivity contribution in [3.05, 3.63) is 35.4 Å². The van der Waals surface area contributed by atoms with Gasteiger partial charge < -0.3 is 5.32 Å². The van der Waals surface area contributed by atoms with Gasteiger partial charge in [0.05, 0.1) is 0 Å². The summed E-state index contributed by atoms with van der Waals surface area (Å²) in [5.41, 5.74) is 0.794. The standard InChI is InChI=1S/C11H13F2N/c1-7-4-11(7)14-6-8-2-3-9(12)10(13)5-8/h2-3,5,7,11,14H,4,6H2,1H3. The number of hydrogen-bond donors (Lipinski definition) is 1. The molecule has 0 bridgehead atoms. The molecule has 14 heavy (non-hydrogen) atoms. The van der Waals surface area contributed by atoms with Gasteiger partial charge in [-0.2, -0.15) is 0 Å². The Morgan fingerprint density at radius 3 is 2.64 bits per heavy atom. The fourth-order valence-corrected chi connectivity index (χ4v) is 1.51. The van der Waals surface area contributed by atoms with Gasteiger partial charge >= 0.3 is 0 Å². The highest BCUT2D eigenvalue weighted by Gasteiger charge is 2.31. The topological polar surface area (TPSA) is 12.0 Å². The molecule has 1 aliphatic carbocycles. The Kier molecular flexibility index (Phi) is 2.50. The Morgan fingerprint density at radius 1 is 1.36 bits per heavy atom. The predicted molar refractivity (Wildman–Crippen MR) is 50.8 cm³/mol. The lowest BCUT2D eigenvalue weighted by atomic mass is 10.2. The normalized spacial score (nSPS) is 25.1. The van der Waals surface area contributed by atoms with Crippen molar-refractivity contribution in [2.24, 2.45) is 5.92 Å². The Balaban J connectivity index is 1.92. The van der Waals surface area contributed by atoms with Crippen molar-refractivity contribution < 1.29 is 8.78 Å². The van der Waals surface area contributed by atoms with Gasteiger partial charge in [-0.25, -0.2) is 8.78 Å². The van der Waals surface area contributed by atoms with Gasteiger partial charge in [0.1, 0.15) is 0 Å². The van der Waals surface area contributed by atoms with Gasteiger partial charge in [0.25, 0.3) is 0 Å². The molecule has 1 fully saturated rings. The van der Waals surface area contributed by atoms with Crippen LogP contribution in [0, 0.1) is 17.6 Å². The maximum atomic E-state index is 12.8. The highest BCUT2D eigenvalue weighted by Crippen LogP contribution is 2.29. The second kappa shape index (κ2) is 3.65. The largest absolute Gasteiger partial charge is 0.310 e. The molecule has 0 spiro atoms. The van der Waals surface area contributed by atoms with Gasteiger partial charge in [-0.15, -0.1) is 0 Å². The van der Waals surface area contributed by atoms with Crippen molar-refractivity contribution in [2.45, 2.75) is 25.9 Å². The minimum absolute atomic E-state index is 0.558. The van der Waals surface area contributed by atoms with E-state index in [1.54, 1.807) is 6.07 Å². The first-order valence-corrected chi connectivity index (χ1v) is 4.84. The molecule has 3 heteroatoms. The third kappa shape index (κ3) is 2.10. The van der Waals surface area contributed by atoms with Crippen LogP contribution in [0.25, 0.3) is 0 Å². The van der Waals surface area contributed by atoms with E-state index in [0.717, 1.165) is 11.5 Å². The van der Waals surface area contributed by atoms with Crippen molar-refractivity contribution in [3.63, 3.8) is 0 Å². The molecule has 0 radical (unpaired) electrons. The van der Waals surface area contributed by atoms with Gasteiger partial charge in [0, 0.05) is 12.6 Å². The van der Waals surface area contributed by atoms with Crippen molar-refractivity contribution >= 4 is 0 Å². The first-order valence-electron chi connectivity index (χ1n) is 4.84. The van der Waals surface area contributed by atoms with Crippen LogP contribution >= 0.6 is 0 Å². The lowest BCUT2D eigenvalue weighted by Crippen LogP contribution is -2.17. The Labute approximate surface area is 82.1 Å². The molecule has 0 aliphatic heterocycles. The van der Waals surface area contributed by atoms with Crippen LogP contribution < -0.4 is 5.32 Å². The van der Waals surface area contributed by atoms with Gasteiger partial charge in [-0.05, 0) is 30.0 Å². The quantitative estimate of drug-likeness (QED) is 0.784. The summed E-state index contributed by atoms with van der Waals surface area (Å²) in [7, 11) is 0. The van der Waals surface area contributed by atoms with E-state index in [2.05, 4.69) is 12.2 Å². The van der Waals surface area contributed by atoms with Crippen molar-refractivity contribution in [1.29, 1.82) is 0 Å². The molecule has 1 aliphatic rings. The van der Waals surface area contributed by atoms with E-state index in [1.807, 2.05) is 0 Å². The lowest BCUT2D eigenvalue weighted by molar-refractivity contribution is 0.505. The summed E-state index contributed by atoms with van der Waals surface area (Å²) in [5.74, 6) is -0.831. The van der Waals surface area contributed by atoms with Crippen molar-refractivity contribution in [2.75, 3.05) is 0 Å². The minimum atomic E-state index is -0.784. The average Bonchev–Trinajstić information content (AvgIpc) is 2.85. The van der Waals surface area contributed by atoms with Gasteiger partial charge in [0.2, 0.25) is 0 Å². The summed E-state index contributed by atoms with van der Waals surface area (Å²) in [6.07, 6.45) is 1.18. The summed E-state index contributed by atoms with van der Waals surface area (Å²) < 4.78 is 25.4. The molecule has 0 aromatic heterocycles. The number of nitrogens with one attached hydrogen (secondary N) is 1. The Hall–Kier alpha value is -0.960. The molecule has 1 N–H and O–H groups in total. The van der Waals surface area contributed by atoms with Gasteiger partial charge in [0.15, 0.2) is 11.6 Å². The van der Waals surface area contributed by atoms with Crippen LogP contribution in [0.1, 0.15) is 18.9 Å². The maximum absolute atomic E-state index is 12.8. The fourth-order valence-electron chi connectivity index (χ4n) is 1.51. The van der Waals surface area contributed by atoms with Gasteiger partial charge in [-0.3, -0.25) is 0 Å². The third-order valence-corrected chi connectivity index (χ3v) is 2.66. The zero-order valence-electron chi connectivity index (χ0n) is 8.06. The molecule has 1 aromatic carbocycles. The van der Waals surface area contributed by atoms with Crippen LogP contribution in [0.15, 0.2) is 18.2 Å². The molecule has 0 heterocycles. The van der Waals surface area contributed by atoms with Crippen molar-refractivity contribution in [1.82, 2.24) is 5.32 Å². The summed E-state index contributed by atoms with van der Waals surface area (Å²) in [6, 6.07) is 4.58. The molecule has 1 aromatic rings. The zero-order valence-corrected chi connectivity index (χ0v) is 8.06. The lowest BCUT2D eigenvalue weighted by Gasteiger charge is -2.03. The van der Waals surface area contributed by atoms with E-state index in [9.17, 15) is 8.78 Å². The number of benzene rings is 1. The maximum Gasteiger partial charge on any atom is 0.159 e.